The fourth-order valence-corrected chi connectivity index (χ4v) is 4.58. The van der Waals surface area contributed by atoms with Crippen LogP contribution < -0.4 is 9.64 Å². The van der Waals surface area contributed by atoms with Gasteiger partial charge in [0, 0.05) is 39.4 Å². The van der Waals surface area contributed by atoms with Crippen molar-refractivity contribution in [2.75, 3.05) is 32.1 Å². The van der Waals surface area contributed by atoms with Gasteiger partial charge in [-0.1, -0.05) is 17.4 Å². The molecule has 1 aliphatic rings. The van der Waals surface area contributed by atoms with Crippen LogP contribution in [0, 0.1) is 0 Å². The smallest absolute Gasteiger partial charge is 0.257 e. The molecular weight excluding hydrogens is 362 g/mol. The number of rotatable bonds is 4. The van der Waals surface area contributed by atoms with Gasteiger partial charge >= 0.3 is 0 Å². The molecule has 7 nitrogen and oxygen atoms in total. The fourth-order valence-electron chi connectivity index (χ4n) is 3.56. The van der Waals surface area contributed by atoms with E-state index in [4.69, 9.17) is 9.72 Å². The average molecular weight is 385 g/mol. The molecule has 0 spiro atoms. The number of ether oxygens (including phenoxy) is 1. The van der Waals surface area contributed by atoms with Crippen molar-refractivity contribution in [3.63, 3.8) is 0 Å². The maximum atomic E-state index is 12.7. The van der Waals surface area contributed by atoms with Crippen molar-refractivity contribution in [3.05, 3.63) is 36.2 Å². The van der Waals surface area contributed by atoms with Gasteiger partial charge in [-0.05, 0) is 25.0 Å². The summed E-state index contributed by atoms with van der Waals surface area (Å²) in [5.74, 6) is 0.813. The molecule has 2 aromatic heterocycles. The number of benzene rings is 1. The molecule has 27 heavy (non-hydrogen) atoms. The van der Waals surface area contributed by atoms with Crippen LogP contribution >= 0.6 is 11.3 Å². The Kier molecular flexibility index (Phi) is 4.73. The number of anilines is 1. The molecule has 142 valence electrons. The second kappa shape index (κ2) is 7.19. The lowest BCUT2D eigenvalue weighted by Gasteiger charge is -2.37. The first-order chi connectivity index (χ1) is 13.1. The van der Waals surface area contributed by atoms with E-state index < -0.39 is 0 Å². The molecule has 0 saturated carbocycles. The van der Waals surface area contributed by atoms with Crippen LogP contribution in [0.25, 0.3) is 10.2 Å². The summed E-state index contributed by atoms with van der Waals surface area (Å²) in [6, 6.07) is 6.15. The maximum Gasteiger partial charge on any atom is 0.257 e. The van der Waals surface area contributed by atoms with Crippen LogP contribution in [0.1, 0.15) is 23.2 Å². The number of aryl methyl sites for hydroxylation is 1. The van der Waals surface area contributed by atoms with Crippen molar-refractivity contribution < 1.29 is 9.53 Å². The average Bonchev–Trinajstić information content (AvgIpc) is 3.33. The van der Waals surface area contributed by atoms with E-state index in [9.17, 15) is 4.79 Å². The largest absolute Gasteiger partial charge is 0.494 e. The van der Waals surface area contributed by atoms with Gasteiger partial charge in [0.15, 0.2) is 5.13 Å². The van der Waals surface area contributed by atoms with E-state index in [-0.39, 0.29) is 11.9 Å². The molecule has 0 aliphatic carbocycles. The van der Waals surface area contributed by atoms with Crippen LogP contribution in [0.5, 0.6) is 5.75 Å². The Morgan fingerprint density at radius 3 is 3.00 bits per heavy atom. The Morgan fingerprint density at radius 1 is 1.41 bits per heavy atom. The van der Waals surface area contributed by atoms with E-state index in [0.29, 0.717) is 5.56 Å². The zero-order valence-corrected chi connectivity index (χ0v) is 16.6. The summed E-state index contributed by atoms with van der Waals surface area (Å²) < 4.78 is 8.21. The predicted octanol–water partition coefficient (Wildman–Crippen LogP) is 2.78. The van der Waals surface area contributed by atoms with Crippen molar-refractivity contribution in [3.8, 4) is 5.75 Å². The minimum absolute atomic E-state index is 0.0147. The zero-order chi connectivity index (χ0) is 19.0. The molecule has 1 atom stereocenters. The summed E-state index contributed by atoms with van der Waals surface area (Å²) in [5, 5.41) is 5.09. The third-order valence-electron chi connectivity index (χ3n) is 5.08. The van der Waals surface area contributed by atoms with Gasteiger partial charge in [-0.25, -0.2) is 4.98 Å². The van der Waals surface area contributed by atoms with E-state index in [0.717, 1.165) is 47.0 Å². The molecule has 1 fully saturated rings. The summed E-state index contributed by atoms with van der Waals surface area (Å²) in [4.78, 5) is 21.7. The van der Waals surface area contributed by atoms with Crippen molar-refractivity contribution in [2.45, 2.75) is 18.9 Å². The van der Waals surface area contributed by atoms with Crippen molar-refractivity contribution in [1.29, 1.82) is 0 Å². The Hall–Kier alpha value is -2.61. The number of piperidine rings is 1. The first-order valence-electron chi connectivity index (χ1n) is 9.01. The SMILES string of the molecule is COc1cccc2sc(N3CCCC(N(C)C(=O)c4cnn(C)c4)C3)nc12. The molecule has 1 unspecified atom stereocenters. The number of thiazole rings is 1. The van der Waals surface area contributed by atoms with E-state index in [2.05, 4.69) is 16.1 Å². The topological polar surface area (TPSA) is 63.5 Å². The molecular formula is C19H23N5O2S. The quantitative estimate of drug-likeness (QED) is 0.691. The van der Waals surface area contributed by atoms with Gasteiger partial charge < -0.3 is 14.5 Å². The molecule has 0 radical (unpaired) electrons. The highest BCUT2D eigenvalue weighted by Gasteiger charge is 2.28. The van der Waals surface area contributed by atoms with E-state index in [1.807, 2.05) is 31.1 Å². The standard InChI is InChI=1S/C19H23N5O2S/c1-22-11-13(10-20-22)18(25)23(2)14-6-5-9-24(12-14)19-21-17-15(26-3)7-4-8-16(17)27-19/h4,7-8,10-11,14H,5-6,9,12H2,1-3H3. The molecule has 3 heterocycles. The number of fused-ring (bicyclic) bond motifs is 1. The maximum absolute atomic E-state index is 12.7. The lowest BCUT2D eigenvalue weighted by molar-refractivity contribution is 0.0717. The molecule has 1 aliphatic heterocycles. The highest BCUT2D eigenvalue weighted by molar-refractivity contribution is 7.22. The Morgan fingerprint density at radius 2 is 2.26 bits per heavy atom. The molecule has 1 saturated heterocycles. The molecule has 0 bridgehead atoms. The van der Waals surface area contributed by atoms with Gasteiger partial charge in [0.25, 0.3) is 5.91 Å². The number of amides is 1. The minimum atomic E-state index is 0.0147. The highest BCUT2D eigenvalue weighted by atomic mass is 32.1. The van der Waals surface area contributed by atoms with E-state index in [1.165, 1.54) is 0 Å². The van der Waals surface area contributed by atoms with Gasteiger partial charge in [0.2, 0.25) is 0 Å². The first kappa shape index (κ1) is 17.8. The minimum Gasteiger partial charge on any atom is -0.494 e. The van der Waals surface area contributed by atoms with Gasteiger partial charge in [0.05, 0.1) is 23.6 Å². The molecule has 1 aromatic carbocycles. The van der Waals surface area contributed by atoms with Crippen LogP contribution in [0.2, 0.25) is 0 Å². The number of carbonyl (C=O) groups is 1. The lowest BCUT2D eigenvalue weighted by atomic mass is 10.0. The molecule has 8 heteroatoms. The van der Waals surface area contributed by atoms with Gasteiger partial charge in [-0.15, -0.1) is 0 Å². The molecule has 4 rings (SSSR count). The van der Waals surface area contributed by atoms with Gasteiger partial charge in [0.1, 0.15) is 11.3 Å². The van der Waals surface area contributed by atoms with Crippen LogP contribution in [-0.4, -0.2) is 58.9 Å². The second-order valence-electron chi connectivity index (χ2n) is 6.86. The van der Waals surface area contributed by atoms with Crippen molar-refractivity contribution in [1.82, 2.24) is 19.7 Å². The third-order valence-corrected chi connectivity index (χ3v) is 6.16. The van der Waals surface area contributed by atoms with Gasteiger partial charge in [-0.3, -0.25) is 9.48 Å². The number of methoxy groups -OCH3 is 1. The summed E-state index contributed by atoms with van der Waals surface area (Å²) in [7, 11) is 5.37. The number of aromatic nitrogens is 3. The number of nitrogens with zero attached hydrogens (tertiary/aromatic N) is 5. The predicted molar refractivity (Wildman–Crippen MR) is 107 cm³/mol. The molecule has 0 N–H and O–H groups in total. The lowest BCUT2D eigenvalue weighted by Crippen LogP contribution is -2.48. The number of para-hydroxylation sites is 1. The second-order valence-corrected chi connectivity index (χ2v) is 7.87. The highest BCUT2D eigenvalue weighted by Crippen LogP contribution is 2.35. The van der Waals surface area contributed by atoms with Crippen LogP contribution in [0.3, 0.4) is 0 Å². The van der Waals surface area contributed by atoms with Crippen molar-refractivity contribution >= 4 is 32.6 Å². The normalized spacial score (nSPS) is 17.3. The number of hydrogen-bond donors (Lipinski definition) is 0. The summed E-state index contributed by atoms with van der Waals surface area (Å²) in [6.07, 6.45) is 5.41. The van der Waals surface area contributed by atoms with Crippen LogP contribution in [0.15, 0.2) is 30.6 Å². The summed E-state index contributed by atoms with van der Waals surface area (Å²) >= 11 is 1.67. The first-order valence-corrected chi connectivity index (χ1v) is 9.83. The number of likely N-dealkylation sites (N-methyl/N-ethyl adjacent to an activating group) is 1. The van der Waals surface area contributed by atoms with Crippen LogP contribution in [-0.2, 0) is 7.05 Å². The van der Waals surface area contributed by atoms with E-state index in [1.54, 1.807) is 35.5 Å². The Labute approximate surface area is 162 Å². The molecule has 1 amide bonds. The zero-order valence-electron chi connectivity index (χ0n) is 15.8. The summed E-state index contributed by atoms with van der Waals surface area (Å²) in [6.45, 7) is 1.73. The van der Waals surface area contributed by atoms with Gasteiger partial charge in [-0.2, -0.15) is 5.10 Å². The number of hydrogen-bond acceptors (Lipinski definition) is 6. The summed E-state index contributed by atoms with van der Waals surface area (Å²) in [5.41, 5.74) is 1.53. The Balaban J connectivity index is 1.53. The fraction of sp³-hybridized carbons (Fsp3) is 0.421. The third kappa shape index (κ3) is 3.37. The monoisotopic (exact) mass is 385 g/mol. The van der Waals surface area contributed by atoms with Crippen molar-refractivity contribution in [2.24, 2.45) is 7.05 Å². The number of carbonyl (C=O) groups excluding carboxylic acids is 1. The van der Waals surface area contributed by atoms with E-state index >= 15 is 0 Å². The van der Waals surface area contributed by atoms with Crippen LogP contribution in [0.4, 0.5) is 5.13 Å². The molecule has 3 aromatic rings. The Bertz CT molecular complexity index is 966.